The Bertz CT molecular complexity index is 1020. The first-order valence-corrected chi connectivity index (χ1v) is 11.1. The average molecular weight is 416 g/mol. The van der Waals surface area contributed by atoms with Gasteiger partial charge in [0, 0.05) is 18.7 Å². The molecule has 0 aromatic heterocycles. The Morgan fingerprint density at radius 2 is 1.62 bits per heavy atom. The fourth-order valence-electron chi connectivity index (χ4n) is 3.34. The third-order valence-electron chi connectivity index (χ3n) is 5.10. The number of ketones is 1. The molecule has 1 atom stereocenters. The van der Waals surface area contributed by atoms with Gasteiger partial charge in [-0.1, -0.05) is 17.7 Å². The molecule has 3 rings (SSSR count). The fraction of sp³-hybridized carbons (Fsp3) is 0.364. The van der Waals surface area contributed by atoms with Crippen LogP contribution in [0.25, 0.3) is 0 Å². The highest BCUT2D eigenvalue weighted by atomic mass is 32.2. The molecule has 1 heterocycles. The van der Waals surface area contributed by atoms with E-state index in [-0.39, 0.29) is 16.2 Å². The minimum absolute atomic E-state index is 0.149. The molecule has 6 nitrogen and oxygen atoms in total. The molecular weight excluding hydrogens is 390 g/mol. The average Bonchev–Trinajstić information content (AvgIpc) is 3.25. The van der Waals surface area contributed by atoms with E-state index in [1.165, 1.54) is 35.5 Å². The van der Waals surface area contributed by atoms with Crippen molar-refractivity contribution in [2.75, 3.05) is 13.1 Å². The molecule has 0 bridgehead atoms. The van der Waals surface area contributed by atoms with E-state index in [1.807, 2.05) is 26.0 Å². The van der Waals surface area contributed by atoms with Crippen molar-refractivity contribution in [1.29, 1.82) is 0 Å². The maximum atomic E-state index is 12.7. The SMILES string of the molecule is Cc1ccc(C)c(C(=O)[C@@H](C)OC(=O)c2ccc(S(=O)(=O)N3CCCC3)cc2)c1. The number of hydrogen-bond acceptors (Lipinski definition) is 5. The van der Waals surface area contributed by atoms with Crippen molar-refractivity contribution < 1.29 is 22.7 Å². The van der Waals surface area contributed by atoms with Crippen LogP contribution in [-0.4, -0.2) is 43.7 Å². The first kappa shape index (κ1) is 21.2. The molecule has 0 saturated carbocycles. The second-order valence-electron chi connectivity index (χ2n) is 7.37. The van der Waals surface area contributed by atoms with Gasteiger partial charge in [0.2, 0.25) is 15.8 Å². The van der Waals surface area contributed by atoms with E-state index in [0.717, 1.165) is 24.0 Å². The second-order valence-corrected chi connectivity index (χ2v) is 9.30. The van der Waals surface area contributed by atoms with E-state index in [1.54, 1.807) is 6.07 Å². The Morgan fingerprint density at radius 3 is 2.24 bits per heavy atom. The summed E-state index contributed by atoms with van der Waals surface area (Å²) >= 11 is 0. The van der Waals surface area contributed by atoms with Gasteiger partial charge in [-0.05, 0) is 69.5 Å². The lowest BCUT2D eigenvalue weighted by Gasteiger charge is -2.16. The third-order valence-corrected chi connectivity index (χ3v) is 7.02. The standard InChI is InChI=1S/C22H25NO5S/c1-15-6-7-16(2)20(14-15)21(24)17(3)28-22(25)18-8-10-19(11-9-18)29(26,27)23-12-4-5-13-23/h6-11,14,17H,4-5,12-13H2,1-3H3/t17-/m1/s1. The van der Waals surface area contributed by atoms with E-state index in [9.17, 15) is 18.0 Å². The molecule has 0 amide bonds. The molecule has 2 aromatic carbocycles. The van der Waals surface area contributed by atoms with Gasteiger partial charge in [0.05, 0.1) is 10.5 Å². The van der Waals surface area contributed by atoms with Gasteiger partial charge in [-0.15, -0.1) is 0 Å². The Morgan fingerprint density at radius 1 is 1.00 bits per heavy atom. The number of esters is 1. The van der Waals surface area contributed by atoms with Crippen molar-refractivity contribution in [3.8, 4) is 0 Å². The summed E-state index contributed by atoms with van der Waals surface area (Å²) in [5, 5.41) is 0. The van der Waals surface area contributed by atoms with E-state index in [0.29, 0.717) is 18.7 Å². The van der Waals surface area contributed by atoms with Gasteiger partial charge < -0.3 is 4.74 Å². The van der Waals surface area contributed by atoms with Gasteiger partial charge in [-0.2, -0.15) is 4.31 Å². The molecule has 0 aliphatic carbocycles. The summed E-state index contributed by atoms with van der Waals surface area (Å²) in [5.41, 5.74) is 2.50. The zero-order valence-corrected chi connectivity index (χ0v) is 17.7. The van der Waals surface area contributed by atoms with Crippen LogP contribution in [-0.2, 0) is 14.8 Å². The van der Waals surface area contributed by atoms with Crippen LogP contribution in [0.5, 0.6) is 0 Å². The van der Waals surface area contributed by atoms with Gasteiger partial charge in [0.15, 0.2) is 6.10 Å². The predicted molar refractivity (Wildman–Crippen MR) is 110 cm³/mol. The molecule has 7 heteroatoms. The smallest absolute Gasteiger partial charge is 0.338 e. The Labute approximate surface area is 171 Å². The highest BCUT2D eigenvalue weighted by Gasteiger charge is 2.27. The molecule has 2 aromatic rings. The number of hydrogen-bond donors (Lipinski definition) is 0. The van der Waals surface area contributed by atoms with Crippen molar-refractivity contribution >= 4 is 21.8 Å². The lowest BCUT2D eigenvalue weighted by atomic mass is 9.99. The van der Waals surface area contributed by atoms with Crippen LogP contribution in [0, 0.1) is 13.8 Å². The highest BCUT2D eigenvalue weighted by Crippen LogP contribution is 2.22. The van der Waals surface area contributed by atoms with Crippen LogP contribution in [0.2, 0.25) is 0 Å². The molecule has 29 heavy (non-hydrogen) atoms. The molecule has 1 aliphatic heterocycles. The van der Waals surface area contributed by atoms with E-state index in [4.69, 9.17) is 4.74 Å². The van der Waals surface area contributed by atoms with E-state index >= 15 is 0 Å². The molecule has 0 N–H and O–H groups in total. The van der Waals surface area contributed by atoms with Crippen molar-refractivity contribution in [1.82, 2.24) is 4.31 Å². The molecule has 1 saturated heterocycles. The van der Waals surface area contributed by atoms with Crippen LogP contribution in [0.15, 0.2) is 47.4 Å². The molecule has 154 valence electrons. The molecule has 0 radical (unpaired) electrons. The van der Waals surface area contributed by atoms with Crippen molar-refractivity contribution in [2.24, 2.45) is 0 Å². The maximum absolute atomic E-state index is 12.7. The van der Waals surface area contributed by atoms with Crippen LogP contribution >= 0.6 is 0 Å². The van der Waals surface area contributed by atoms with E-state index < -0.39 is 22.1 Å². The van der Waals surface area contributed by atoms with Crippen molar-refractivity contribution in [3.63, 3.8) is 0 Å². The number of benzene rings is 2. The van der Waals surface area contributed by atoms with E-state index in [2.05, 4.69) is 0 Å². The lowest BCUT2D eigenvalue weighted by Crippen LogP contribution is -2.28. The number of nitrogens with zero attached hydrogens (tertiary/aromatic N) is 1. The minimum atomic E-state index is -3.54. The number of sulfonamides is 1. The topological polar surface area (TPSA) is 80.8 Å². The van der Waals surface area contributed by atoms with Crippen molar-refractivity contribution in [3.05, 3.63) is 64.7 Å². The highest BCUT2D eigenvalue weighted by molar-refractivity contribution is 7.89. The molecule has 0 spiro atoms. The number of Topliss-reactive ketones (excluding diaryl/α,β-unsaturated/α-hetero) is 1. The summed E-state index contributed by atoms with van der Waals surface area (Å²) in [5.74, 6) is -0.936. The Balaban J connectivity index is 1.70. The number of aryl methyl sites for hydroxylation is 2. The van der Waals surface area contributed by atoms with Crippen LogP contribution in [0.3, 0.4) is 0 Å². The fourth-order valence-corrected chi connectivity index (χ4v) is 4.86. The van der Waals surface area contributed by atoms with Gasteiger partial charge in [-0.3, -0.25) is 4.79 Å². The normalized spacial score (nSPS) is 15.8. The largest absolute Gasteiger partial charge is 0.451 e. The van der Waals surface area contributed by atoms with Crippen LogP contribution < -0.4 is 0 Å². The molecule has 0 unspecified atom stereocenters. The number of carbonyl (C=O) groups is 2. The van der Waals surface area contributed by atoms with Gasteiger partial charge >= 0.3 is 5.97 Å². The number of ether oxygens (including phenoxy) is 1. The zero-order valence-electron chi connectivity index (χ0n) is 16.8. The summed E-state index contributed by atoms with van der Waals surface area (Å²) in [6.07, 6.45) is 0.766. The number of rotatable bonds is 6. The van der Waals surface area contributed by atoms with Crippen molar-refractivity contribution in [2.45, 2.75) is 44.6 Å². The van der Waals surface area contributed by atoms with Gasteiger partial charge in [0.25, 0.3) is 0 Å². The zero-order chi connectivity index (χ0) is 21.2. The van der Waals surface area contributed by atoms with Gasteiger partial charge in [0.1, 0.15) is 0 Å². The lowest BCUT2D eigenvalue weighted by molar-refractivity contribution is 0.0318. The summed E-state index contributed by atoms with van der Waals surface area (Å²) in [7, 11) is -3.54. The Kier molecular flexibility index (Phi) is 6.19. The summed E-state index contributed by atoms with van der Waals surface area (Å²) in [4.78, 5) is 25.2. The molecule has 1 aliphatic rings. The second kappa shape index (κ2) is 8.47. The Hall–Kier alpha value is -2.51. The predicted octanol–water partition coefficient (Wildman–Crippen LogP) is 3.52. The van der Waals surface area contributed by atoms with Crippen LogP contribution in [0.1, 0.15) is 51.6 Å². The maximum Gasteiger partial charge on any atom is 0.338 e. The first-order chi connectivity index (χ1) is 13.7. The molecule has 1 fully saturated rings. The third kappa shape index (κ3) is 4.57. The summed E-state index contributed by atoms with van der Waals surface area (Å²) < 4.78 is 31.9. The van der Waals surface area contributed by atoms with Crippen LogP contribution in [0.4, 0.5) is 0 Å². The molecular formula is C22H25NO5S. The minimum Gasteiger partial charge on any atom is -0.451 e. The summed E-state index contributed by atoms with van der Waals surface area (Å²) in [6, 6.07) is 11.2. The first-order valence-electron chi connectivity index (χ1n) is 9.63. The van der Waals surface area contributed by atoms with Gasteiger partial charge in [-0.25, -0.2) is 13.2 Å². The monoisotopic (exact) mass is 415 g/mol. The number of carbonyl (C=O) groups excluding carboxylic acids is 2. The summed E-state index contributed by atoms with van der Waals surface area (Å²) in [6.45, 7) is 6.30. The quantitative estimate of drug-likeness (QED) is 0.533.